The quantitative estimate of drug-likeness (QED) is 0.0433. The van der Waals surface area contributed by atoms with Crippen molar-refractivity contribution in [2.24, 2.45) is 0 Å². The minimum Gasteiger partial charge on any atom is -0.477 e. The summed E-state index contributed by atoms with van der Waals surface area (Å²) in [7, 11) is 0. The molecule has 0 saturated carbocycles. The molecule has 246 valence electrons. The minimum atomic E-state index is -1.12. The number of nitrogens with zero attached hydrogens (tertiary/aromatic N) is 1. The summed E-state index contributed by atoms with van der Waals surface area (Å²) in [4.78, 5) is 36.8. The molecule has 7 heteroatoms. The van der Waals surface area contributed by atoms with Crippen molar-refractivity contribution >= 4 is 17.9 Å². The predicted octanol–water partition coefficient (Wildman–Crippen LogP) is 9.38. The molecule has 0 aliphatic heterocycles. The fourth-order valence-corrected chi connectivity index (χ4v) is 6.80. The van der Waals surface area contributed by atoms with Gasteiger partial charge in [-0.2, -0.15) is 0 Å². The highest BCUT2D eigenvalue weighted by Gasteiger charge is 2.55. The predicted molar refractivity (Wildman–Crippen MR) is 173 cm³/mol. The largest absolute Gasteiger partial charge is 0.477 e. The average Bonchev–Trinajstić information content (AvgIpc) is 2.94. The SMILES string of the molecule is CCCCCCCCCCCCCCCCC/C=C/CCCC[N+](C(CC)C(=O)O)(C(CC)C(=O)O)C(CC)C(=O)O. The molecule has 0 heterocycles. The Morgan fingerprint density at radius 1 is 0.476 bits per heavy atom. The lowest BCUT2D eigenvalue weighted by atomic mass is 9.94. The molecule has 0 spiro atoms. The Morgan fingerprint density at radius 3 is 1.05 bits per heavy atom. The first-order valence-electron chi connectivity index (χ1n) is 17.4. The molecule has 0 saturated heterocycles. The summed E-state index contributed by atoms with van der Waals surface area (Å²) in [5, 5.41) is 30.1. The third-order valence-corrected chi connectivity index (χ3v) is 9.06. The van der Waals surface area contributed by atoms with Crippen molar-refractivity contribution in [2.45, 2.75) is 187 Å². The van der Waals surface area contributed by atoms with Gasteiger partial charge in [-0.3, -0.25) is 4.48 Å². The first-order chi connectivity index (χ1) is 20.2. The smallest absolute Gasteiger partial charge is 0.362 e. The van der Waals surface area contributed by atoms with Crippen LogP contribution in [0.25, 0.3) is 0 Å². The first kappa shape index (κ1) is 40.1. The molecule has 0 aromatic rings. The number of rotatable bonds is 30. The Morgan fingerprint density at radius 2 is 0.762 bits per heavy atom. The molecular weight excluding hydrogens is 530 g/mol. The Hall–Kier alpha value is -1.89. The Balaban J connectivity index is 4.42. The minimum absolute atomic E-state index is 0.183. The van der Waals surface area contributed by atoms with Crippen molar-refractivity contribution in [3.8, 4) is 0 Å². The highest BCUT2D eigenvalue weighted by molar-refractivity contribution is 5.78. The van der Waals surface area contributed by atoms with Gasteiger partial charge in [0.15, 0.2) is 18.1 Å². The Kier molecular flexibility index (Phi) is 24.4. The van der Waals surface area contributed by atoms with Crippen molar-refractivity contribution in [1.29, 1.82) is 0 Å². The Labute approximate surface area is 257 Å². The van der Waals surface area contributed by atoms with Crippen molar-refractivity contribution in [1.82, 2.24) is 0 Å². The van der Waals surface area contributed by atoms with Crippen LogP contribution in [0.2, 0.25) is 0 Å². The van der Waals surface area contributed by atoms with Gasteiger partial charge >= 0.3 is 17.9 Å². The van der Waals surface area contributed by atoms with Gasteiger partial charge in [0.1, 0.15) is 0 Å². The number of carbonyl (C=O) groups is 3. The highest BCUT2D eigenvalue weighted by Crippen LogP contribution is 2.32. The monoisotopic (exact) mass is 596 g/mol. The van der Waals surface area contributed by atoms with Gasteiger partial charge in [0.05, 0.1) is 6.54 Å². The molecule has 0 bridgehead atoms. The third-order valence-electron chi connectivity index (χ3n) is 9.06. The van der Waals surface area contributed by atoms with E-state index in [4.69, 9.17) is 0 Å². The lowest BCUT2D eigenvalue weighted by Gasteiger charge is -2.49. The van der Waals surface area contributed by atoms with E-state index in [1.54, 1.807) is 20.8 Å². The zero-order chi connectivity index (χ0) is 31.6. The van der Waals surface area contributed by atoms with Gasteiger partial charge in [-0.05, 0) is 32.1 Å². The van der Waals surface area contributed by atoms with Crippen LogP contribution in [0, 0.1) is 0 Å². The Bertz CT molecular complexity index is 682. The molecule has 3 N–H and O–H groups in total. The molecular formula is C35H66NO6+. The molecule has 0 radical (unpaired) electrons. The van der Waals surface area contributed by atoms with Gasteiger partial charge in [-0.25, -0.2) is 14.4 Å². The number of hydrogen-bond acceptors (Lipinski definition) is 3. The normalized spacial score (nSPS) is 15.3. The molecule has 3 unspecified atom stereocenters. The average molecular weight is 597 g/mol. The zero-order valence-corrected chi connectivity index (χ0v) is 27.7. The van der Waals surface area contributed by atoms with Crippen LogP contribution in [-0.2, 0) is 14.4 Å². The molecule has 0 rings (SSSR count). The van der Waals surface area contributed by atoms with Gasteiger partial charge in [0.2, 0.25) is 0 Å². The van der Waals surface area contributed by atoms with Crippen LogP contribution in [0.15, 0.2) is 12.2 Å². The molecule has 0 fully saturated rings. The van der Waals surface area contributed by atoms with Crippen LogP contribution >= 0.6 is 0 Å². The van der Waals surface area contributed by atoms with E-state index in [2.05, 4.69) is 19.1 Å². The fraction of sp³-hybridized carbons (Fsp3) is 0.857. The maximum absolute atomic E-state index is 12.3. The summed E-state index contributed by atoms with van der Waals surface area (Å²) in [6, 6.07) is -3.23. The van der Waals surface area contributed by atoms with Crippen LogP contribution in [-0.4, -0.2) is 62.4 Å². The van der Waals surface area contributed by atoms with E-state index in [9.17, 15) is 29.7 Å². The third kappa shape index (κ3) is 15.5. The summed E-state index contributed by atoms with van der Waals surface area (Å²) in [6.07, 6.45) is 28.6. The number of carboxylic acids is 3. The van der Waals surface area contributed by atoms with Gasteiger partial charge in [-0.1, -0.05) is 130 Å². The second-order valence-corrected chi connectivity index (χ2v) is 12.2. The van der Waals surface area contributed by atoms with Gasteiger partial charge < -0.3 is 15.3 Å². The van der Waals surface area contributed by atoms with Crippen molar-refractivity contribution < 1.29 is 34.2 Å². The van der Waals surface area contributed by atoms with Crippen LogP contribution < -0.4 is 0 Å². The summed E-state index contributed by atoms with van der Waals surface area (Å²) in [6.45, 7) is 7.61. The van der Waals surface area contributed by atoms with E-state index >= 15 is 0 Å². The zero-order valence-electron chi connectivity index (χ0n) is 27.7. The molecule has 0 aromatic heterocycles. The van der Waals surface area contributed by atoms with Crippen LogP contribution in [0.3, 0.4) is 0 Å². The molecule has 0 aliphatic carbocycles. The van der Waals surface area contributed by atoms with E-state index < -0.39 is 40.5 Å². The second kappa shape index (κ2) is 25.6. The van der Waals surface area contributed by atoms with E-state index in [1.165, 1.54) is 96.3 Å². The van der Waals surface area contributed by atoms with Crippen LogP contribution in [0.5, 0.6) is 0 Å². The molecule has 42 heavy (non-hydrogen) atoms. The topological polar surface area (TPSA) is 112 Å². The van der Waals surface area contributed by atoms with Crippen LogP contribution in [0.1, 0.15) is 169 Å². The number of aliphatic carboxylic acids is 3. The number of quaternary nitrogens is 1. The summed E-state index contributed by atoms with van der Waals surface area (Å²) in [5.41, 5.74) is 0. The van der Waals surface area contributed by atoms with Crippen molar-refractivity contribution in [2.75, 3.05) is 6.54 Å². The van der Waals surface area contributed by atoms with E-state index in [0.29, 0.717) is 6.42 Å². The van der Waals surface area contributed by atoms with Gasteiger partial charge in [0, 0.05) is 19.3 Å². The fourth-order valence-electron chi connectivity index (χ4n) is 6.80. The van der Waals surface area contributed by atoms with E-state index in [-0.39, 0.29) is 25.8 Å². The molecule has 3 atom stereocenters. The van der Waals surface area contributed by atoms with E-state index in [1.807, 2.05) is 0 Å². The summed E-state index contributed by atoms with van der Waals surface area (Å²) < 4.78 is -0.424. The first-order valence-corrected chi connectivity index (χ1v) is 17.4. The lowest BCUT2D eigenvalue weighted by Crippen LogP contribution is -2.72. The number of carboxylic acid groups (broad SMARTS) is 3. The standard InChI is InChI=1S/C35H65NO6/c1-5-9-10-11-12-13-14-15-16-17-18-19-20-21-22-23-24-25-26-27-28-29-36(30(6-2)33(37)38,31(7-3)34(39)40)32(8-4)35(41)42/h24-25,30-32H,5-23,26-29H2,1-4H3,(H2-,37,38,39,40,41,42)/p+1/b25-24+. The lowest BCUT2D eigenvalue weighted by molar-refractivity contribution is -0.973. The summed E-state index contributed by atoms with van der Waals surface area (Å²) >= 11 is 0. The maximum atomic E-state index is 12.3. The highest BCUT2D eigenvalue weighted by atomic mass is 16.4. The van der Waals surface area contributed by atoms with Crippen molar-refractivity contribution in [3.63, 3.8) is 0 Å². The molecule has 0 aromatic carbocycles. The number of unbranched alkanes of at least 4 members (excludes halogenated alkanes) is 17. The van der Waals surface area contributed by atoms with Gasteiger partial charge in [-0.15, -0.1) is 0 Å². The number of allylic oxidation sites excluding steroid dienone is 2. The molecule has 0 amide bonds. The van der Waals surface area contributed by atoms with Gasteiger partial charge in [0.25, 0.3) is 0 Å². The van der Waals surface area contributed by atoms with E-state index in [0.717, 1.165) is 19.3 Å². The van der Waals surface area contributed by atoms with Crippen LogP contribution in [0.4, 0.5) is 0 Å². The second-order valence-electron chi connectivity index (χ2n) is 12.2. The maximum Gasteiger partial charge on any atom is 0.362 e. The number of hydrogen-bond donors (Lipinski definition) is 3. The summed E-state index contributed by atoms with van der Waals surface area (Å²) in [5.74, 6) is -3.37. The molecule has 0 aliphatic rings. The molecule has 7 nitrogen and oxygen atoms in total. The van der Waals surface area contributed by atoms with Crippen molar-refractivity contribution in [3.05, 3.63) is 12.2 Å².